The van der Waals surface area contributed by atoms with Crippen LogP contribution in [0, 0.1) is 11.3 Å². The number of piperazine rings is 1. The van der Waals surface area contributed by atoms with Crippen LogP contribution in [0.3, 0.4) is 0 Å². The fourth-order valence-corrected chi connectivity index (χ4v) is 2.97. The van der Waals surface area contributed by atoms with E-state index in [4.69, 9.17) is 11.6 Å². The molecule has 1 amide bonds. The van der Waals surface area contributed by atoms with E-state index in [-0.39, 0.29) is 11.5 Å². The number of benzene rings is 2. The molecule has 3 rings (SSSR count). The van der Waals surface area contributed by atoms with Crippen LogP contribution in [0.5, 0.6) is 0 Å². The predicted octanol–water partition coefficient (Wildman–Crippen LogP) is 3.60. The molecule has 2 aromatic carbocycles. The van der Waals surface area contributed by atoms with E-state index in [0.717, 1.165) is 24.3 Å². The fourth-order valence-electron chi connectivity index (χ4n) is 2.84. The van der Waals surface area contributed by atoms with Crippen LogP contribution in [0.25, 0.3) is 6.08 Å². The molecule has 1 aliphatic heterocycles. The molecule has 1 fully saturated rings. The highest BCUT2D eigenvalue weighted by molar-refractivity contribution is 6.30. The maximum atomic E-state index is 12.6. The van der Waals surface area contributed by atoms with Gasteiger partial charge in [0, 0.05) is 36.9 Å². The highest BCUT2D eigenvalue weighted by Gasteiger charge is 2.23. The number of carbonyl (C=O) groups is 1. The molecule has 1 heterocycles. The van der Waals surface area contributed by atoms with Crippen LogP contribution >= 0.6 is 11.6 Å². The smallest absolute Gasteiger partial charge is 0.264 e. The summed E-state index contributed by atoms with van der Waals surface area (Å²) in [4.78, 5) is 16.6. The summed E-state index contributed by atoms with van der Waals surface area (Å²) in [6.45, 7) is 2.73. The van der Waals surface area contributed by atoms with Crippen LogP contribution in [0.15, 0.2) is 60.2 Å². The van der Waals surface area contributed by atoms with Gasteiger partial charge in [0.15, 0.2) is 0 Å². The van der Waals surface area contributed by atoms with Crippen molar-refractivity contribution in [3.63, 3.8) is 0 Å². The Morgan fingerprint density at radius 3 is 2.24 bits per heavy atom. The summed E-state index contributed by atoms with van der Waals surface area (Å²) >= 11 is 5.87. The third-order valence-corrected chi connectivity index (χ3v) is 4.47. The first kappa shape index (κ1) is 17.1. The molecule has 0 unspecified atom stereocenters. The average molecular weight is 352 g/mol. The van der Waals surface area contributed by atoms with Crippen molar-refractivity contribution < 1.29 is 4.79 Å². The topological polar surface area (TPSA) is 47.3 Å². The van der Waals surface area contributed by atoms with Crippen LogP contribution in [-0.4, -0.2) is 37.0 Å². The third-order valence-electron chi connectivity index (χ3n) is 4.22. The predicted molar refractivity (Wildman–Crippen MR) is 100 cm³/mol. The summed E-state index contributed by atoms with van der Waals surface area (Å²) in [5.74, 6) is -0.217. The van der Waals surface area contributed by atoms with Gasteiger partial charge in [-0.15, -0.1) is 0 Å². The van der Waals surface area contributed by atoms with E-state index in [0.29, 0.717) is 18.1 Å². The van der Waals surface area contributed by atoms with Gasteiger partial charge in [0.25, 0.3) is 5.91 Å². The molecule has 5 heteroatoms. The second-order valence-corrected chi connectivity index (χ2v) is 6.27. The number of para-hydroxylation sites is 1. The molecule has 0 N–H and O–H groups in total. The zero-order valence-corrected chi connectivity index (χ0v) is 14.5. The minimum Gasteiger partial charge on any atom is -0.368 e. The van der Waals surface area contributed by atoms with Crippen molar-refractivity contribution in [2.24, 2.45) is 0 Å². The number of carbonyl (C=O) groups excluding carboxylic acids is 1. The molecule has 0 aromatic heterocycles. The van der Waals surface area contributed by atoms with E-state index in [1.807, 2.05) is 24.3 Å². The molecular weight excluding hydrogens is 334 g/mol. The van der Waals surface area contributed by atoms with Gasteiger partial charge in [-0.05, 0) is 35.9 Å². The largest absolute Gasteiger partial charge is 0.368 e. The Hall–Kier alpha value is -2.77. The zero-order valence-electron chi connectivity index (χ0n) is 13.7. The Bertz CT molecular complexity index is 801. The van der Waals surface area contributed by atoms with Crippen molar-refractivity contribution in [2.75, 3.05) is 31.1 Å². The van der Waals surface area contributed by atoms with Crippen molar-refractivity contribution in [3.05, 3.63) is 70.8 Å². The lowest BCUT2D eigenvalue weighted by molar-refractivity contribution is -0.126. The Kier molecular flexibility index (Phi) is 5.37. The molecule has 0 spiro atoms. The van der Waals surface area contributed by atoms with E-state index < -0.39 is 0 Å². The third kappa shape index (κ3) is 4.20. The van der Waals surface area contributed by atoms with Gasteiger partial charge in [-0.2, -0.15) is 5.26 Å². The minimum atomic E-state index is -0.217. The van der Waals surface area contributed by atoms with Crippen molar-refractivity contribution >= 4 is 29.3 Å². The molecule has 0 radical (unpaired) electrons. The number of amides is 1. The van der Waals surface area contributed by atoms with Crippen LogP contribution in [-0.2, 0) is 4.79 Å². The first-order chi connectivity index (χ1) is 12.2. The second kappa shape index (κ2) is 7.87. The SMILES string of the molecule is N#CC(=Cc1ccc(Cl)cc1)C(=O)N1CCN(c2ccccc2)CC1. The molecule has 0 atom stereocenters. The maximum absolute atomic E-state index is 12.6. The lowest BCUT2D eigenvalue weighted by atomic mass is 10.1. The van der Waals surface area contributed by atoms with E-state index in [2.05, 4.69) is 17.0 Å². The Morgan fingerprint density at radius 1 is 1.00 bits per heavy atom. The van der Waals surface area contributed by atoms with Crippen molar-refractivity contribution in [1.82, 2.24) is 4.90 Å². The number of anilines is 1. The van der Waals surface area contributed by atoms with E-state index in [1.54, 1.807) is 35.2 Å². The van der Waals surface area contributed by atoms with Crippen LogP contribution in [0.1, 0.15) is 5.56 Å². The quantitative estimate of drug-likeness (QED) is 0.627. The van der Waals surface area contributed by atoms with Crippen molar-refractivity contribution in [1.29, 1.82) is 5.26 Å². The molecule has 2 aromatic rings. The van der Waals surface area contributed by atoms with Gasteiger partial charge in [0.05, 0.1) is 0 Å². The summed E-state index contributed by atoms with van der Waals surface area (Å²) < 4.78 is 0. The monoisotopic (exact) mass is 351 g/mol. The molecule has 1 saturated heterocycles. The molecular formula is C20H18ClN3O. The lowest BCUT2D eigenvalue weighted by Gasteiger charge is -2.36. The van der Waals surface area contributed by atoms with Gasteiger partial charge in [-0.25, -0.2) is 0 Å². The normalized spacial score (nSPS) is 15.0. The molecule has 126 valence electrons. The Labute approximate surface area is 152 Å². The summed E-state index contributed by atoms with van der Waals surface area (Å²) in [6.07, 6.45) is 1.61. The molecule has 0 saturated carbocycles. The number of nitriles is 1. The standard InChI is InChI=1S/C20H18ClN3O/c21-18-8-6-16(7-9-18)14-17(15-22)20(25)24-12-10-23(11-13-24)19-4-2-1-3-5-19/h1-9,14H,10-13H2. The Balaban J connectivity index is 1.66. The van der Waals surface area contributed by atoms with Crippen molar-refractivity contribution in [2.45, 2.75) is 0 Å². The van der Waals surface area contributed by atoms with Gasteiger partial charge in [-0.1, -0.05) is 41.9 Å². The number of hydrogen-bond donors (Lipinski definition) is 0. The molecule has 1 aliphatic rings. The lowest BCUT2D eigenvalue weighted by Crippen LogP contribution is -2.49. The molecule has 0 bridgehead atoms. The summed E-state index contributed by atoms with van der Waals surface area (Å²) in [6, 6.07) is 19.2. The zero-order chi connectivity index (χ0) is 17.6. The molecule has 0 aliphatic carbocycles. The molecule has 4 nitrogen and oxygen atoms in total. The van der Waals surface area contributed by atoms with Crippen LogP contribution in [0.4, 0.5) is 5.69 Å². The van der Waals surface area contributed by atoms with Gasteiger partial charge >= 0.3 is 0 Å². The fraction of sp³-hybridized carbons (Fsp3) is 0.200. The number of hydrogen-bond acceptors (Lipinski definition) is 3. The van der Waals surface area contributed by atoms with Gasteiger partial charge < -0.3 is 9.80 Å². The first-order valence-electron chi connectivity index (χ1n) is 8.14. The van der Waals surface area contributed by atoms with E-state index >= 15 is 0 Å². The second-order valence-electron chi connectivity index (χ2n) is 5.84. The van der Waals surface area contributed by atoms with E-state index in [9.17, 15) is 10.1 Å². The van der Waals surface area contributed by atoms with Gasteiger partial charge in [-0.3, -0.25) is 4.79 Å². The maximum Gasteiger partial charge on any atom is 0.264 e. The Morgan fingerprint density at radius 2 is 1.64 bits per heavy atom. The number of halogens is 1. The average Bonchev–Trinajstić information content (AvgIpc) is 2.68. The summed E-state index contributed by atoms with van der Waals surface area (Å²) in [5.41, 5.74) is 2.10. The highest BCUT2D eigenvalue weighted by Crippen LogP contribution is 2.18. The number of rotatable bonds is 3. The van der Waals surface area contributed by atoms with Gasteiger partial charge in [0.1, 0.15) is 11.6 Å². The first-order valence-corrected chi connectivity index (χ1v) is 8.52. The van der Waals surface area contributed by atoms with Crippen LogP contribution < -0.4 is 4.90 Å². The van der Waals surface area contributed by atoms with Crippen molar-refractivity contribution in [3.8, 4) is 6.07 Å². The molecule has 25 heavy (non-hydrogen) atoms. The summed E-state index contributed by atoms with van der Waals surface area (Å²) in [7, 11) is 0. The van der Waals surface area contributed by atoms with Gasteiger partial charge in [0.2, 0.25) is 0 Å². The van der Waals surface area contributed by atoms with Crippen LogP contribution in [0.2, 0.25) is 5.02 Å². The van der Waals surface area contributed by atoms with E-state index in [1.165, 1.54) is 0 Å². The number of nitrogens with zero attached hydrogens (tertiary/aromatic N) is 3. The summed E-state index contributed by atoms with van der Waals surface area (Å²) in [5, 5.41) is 9.99. The minimum absolute atomic E-state index is 0.149. The highest BCUT2D eigenvalue weighted by atomic mass is 35.5.